The molecule has 0 fully saturated rings. The van der Waals surface area contributed by atoms with Gasteiger partial charge in [-0.2, -0.15) is 0 Å². The molecule has 0 bridgehead atoms. The molecule has 54 valence electrons. The summed E-state index contributed by atoms with van der Waals surface area (Å²) < 4.78 is 0. The van der Waals surface area contributed by atoms with Crippen molar-refractivity contribution in [3.8, 4) is 0 Å². The molecule has 0 aliphatic heterocycles. The first-order valence-electron chi connectivity index (χ1n) is 2.25. The second-order valence-electron chi connectivity index (χ2n) is 0.691. The lowest BCUT2D eigenvalue weighted by Crippen LogP contribution is -1.75. The Kier molecular flexibility index (Phi) is 83.4. The highest BCUT2D eigenvalue weighted by Crippen LogP contribution is 1.38. The van der Waals surface area contributed by atoms with E-state index in [2.05, 4.69) is 6.58 Å². The van der Waals surface area contributed by atoms with Crippen molar-refractivity contribution >= 4 is 15.4 Å². The lowest BCUT2D eigenvalue weighted by Gasteiger charge is -1.48. The van der Waals surface area contributed by atoms with Gasteiger partial charge in [-0.25, -0.2) is 0 Å². The summed E-state index contributed by atoms with van der Waals surface area (Å²) in [7, 11) is -1.50. The van der Waals surface area contributed by atoms with Crippen molar-refractivity contribution in [3.63, 3.8) is 0 Å². The van der Waals surface area contributed by atoms with Gasteiger partial charge in [0.05, 0.1) is 0 Å². The molecule has 0 amide bonds. The molecule has 0 saturated heterocycles. The number of hydrogen-bond acceptors (Lipinski definition) is 4. The first-order chi connectivity index (χ1) is 4.24. The van der Waals surface area contributed by atoms with E-state index in [0.29, 0.717) is 0 Å². The molecule has 0 unspecified atom stereocenters. The topological polar surface area (TPSA) is 80.9 Å². The Balaban J connectivity index is -0.0000000600. The molecule has 0 rings (SSSR count). The minimum Gasteiger partial charge on any atom is -0.430 e. The zero-order valence-electron chi connectivity index (χ0n) is 5.49. The monoisotopic (exact) mass is 134 g/mol. The molecule has 0 aromatic carbocycles. The summed E-state index contributed by atoms with van der Waals surface area (Å²) in [5, 5.41) is 28.5. The van der Waals surface area contributed by atoms with Gasteiger partial charge in [0.25, 0.3) is 0 Å². The van der Waals surface area contributed by atoms with Crippen molar-refractivity contribution in [1.29, 1.82) is 0 Å². The van der Waals surface area contributed by atoms with E-state index in [0.717, 1.165) is 0 Å². The summed E-state index contributed by atoms with van der Waals surface area (Å²) in [5.74, 6) is 0. The van der Waals surface area contributed by atoms with E-state index in [1.54, 1.807) is 6.08 Å². The fraction of sp³-hybridized carbons (Fsp3) is 0.333. The Hall–Kier alpha value is -0.290. The molecular formula is C3H12B2O4. The summed E-state index contributed by atoms with van der Waals surface area (Å²) in [6.45, 7) is 5.25. The highest BCUT2D eigenvalue weighted by molar-refractivity contribution is 6.13. The molecule has 0 saturated carbocycles. The summed E-state index contributed by atoms with van der Waals surface area (Å²) in [4.78, 5) is 0. The van der Waals surface area contributed by atoms with Crippen LogP contribution in [0.15, 0.2) is 12.7 Å². The largest absolute Gasteiger partial charge is 0.432 e. The molecule has 0 aromatic rings. The third-order valence-electron chi connectivity index (χ3n) is 0. The van der Waals surface area contributed by atoms with Crippen LogP contribution in [0.3, 0.4) is 0 Å². The van der Waals surface area contributed by atoms with E-state index >= 15 is 0 Å². The van der Waals surface area contributed by atoms with Gasteiger partial charge in [-0.3, -0.25) is 0 Å². The van der Waals surface area contributed by atoms with E-state index in [1.807, 2.05) is 6.92 Å². The zero-order chi connectivity index (χ0) is 8.12. The summed E-state index contributed by atoms with van der Waals surface area (Å²) in [6, 6.07) is 0. The van der Waals surface area contributed by atoms with Crippen molar-refractivity contribution in [2.24, 2.45) is 0 Å². The second kappa shape index (κ2) is 47.3. The van der Waals surface area contributed by atoms with Crippen LogP contribution in [0.4, 0.5) is 0 Å². The van der Waals surface area contributed by atoms with Gasteiger partial charge in [-0.15, -0.1) is 6.58 Å². The predicted molar refractivity (Wildman–Crippen MR) is 39.0 cm³/mol. The molecule has 0 radical (unpaired) electrons. The molecule has 9 heavy (non-hydrogen) atoms. The van der Waals surface area contributed by atoms with Crippen LogP contribution >= 0.6 is 0 Å². The van der Waals surface area contributed by atoms with E-state index in [4.69, 9.17) is 20.1 Å². The lowest BCUT2D eigenvalue weighted by atomic mass is 10.5. The molecule has 0 aliphatic carbocycles. The van der Waals surface area contributed by atoms with Crippen molar-refractivity contribution in [3.05, 3.63) is 12.7 Å². The maximum absolute atomic E-state index is 7.12. The van der Waals surface area contributed by atoms with Gasteiger partial charge in [-0.05, 0) is 6.92 Å². The van der Waals surface area contributed by atoms with Gasteiger partial charge in [0.2, 0.25) is 0 Å². The van der Waals surface area contributed by atoms with Gasteiger partial charge in [0.15, 0.2) is 0 Å². The van der Waals surface area contributed by atoms with E-state index in [9.17, 15) is 0 Å². The third kappa shape index (κ3) is 2990. The van der Waals surface area contributed by atoms with Crippen LogP contribution in [0.2, 0.25) is 0 Å². The first-order valence-corrected chi connectivity index (χ1v) is 2.25. The average Bonchev–Trinajstić information content (AvgIpc) is 1.70. The van der Waals surface area contributed by atoms with Crippen molar-refractivity contribution < 1.29 is 20.1 Å². The van der Waals surface area contributed by atoms with Crippen LogP contribution in [0.5, 0.6) is 0 Å². The fourth-order valence-corrected chi connectivity index (χ4v) is 0. The fourth-order valence-electron chi connectivity index (χ4n) is 0. The van der Waals surface area contributed by atoms with Crippen LogP contribution in [0, 0.1) is 0 Å². The van der Waals surface area contributed by atoms with Crippen LogP contribution in [-0.4, -0.2) is 35.5 Å². The van der Waals surface area contributed by atoms with E-state index in [1.165, 1.54) is 0 Å². The SMILES string of the molecule is C=CC.OBO.OBO. The maximum Gasteiger partial charge on any atom is 0.432 e. The van der Waals surface area contributed by atoms with Gasteiger partial charge >= 0.3 is 15.4 Å². The average molecular weight is 134 g/mol. The Bertz CT molecular complexity index is 33.0. The summed E-state index contributed by atoms with van der Waals surface area (Å²) in [6.07, 6.45) is 1.75. The Morgan fingerprint density at radius 3 is 1.11 bits per heavy atom. The normalized spacial score (nSPS) is 4.56. The number of rotatable bonds is 0. The molecule has 4 nitrogen and oxygen atoms in total. The van der Waals surface area contributed by atoms with Gasteiger partial charge in [0, 0.05) is 0 Å². The minimum atomic E-state index is -0.750. The van der Waals surface area contributed by atoms with Gasteiger partial charge in [-0.1, -0.05) is 6.08 Å². The molecule has 0 heterocycles. The Morgan fingerprint density at radius 1 is 1.11 bits per heavy atom. The highest BCUT2D eigenvalue weighted by Gasteiger charge is 1.48. The lowest BCUT2D eigenvalue weighted by molar-refractivity contribution is 0.447. The summed E-state index contributed by atoms with van der Waals surface area (Å²) in [5.41, 5.74) is 0. The van der Waals surface area contributed by atoms with Crippen LogP contribution < -0.4 is 0 Å². The van der Waals surface area contributed by atoms with Crippen molar-refractivity contribution in [2.75, 3.05) is 0 Å². The molecule has 6 heteroatoms. The third-order valence-corrected chi connectivity index (χ3v) is 0. The first kappa shape index (κ1) is 15.9. The number of hydrogen-bond donors (Lipinski definition) is 4. The summed E-state index contributed by atoms with van der Waals surface area (Å²) >= 11 is 0. The highest BCUT2D eigenvalue weighted by atomic mass is 16.4. The minimum absolute atomic E-state index is 0.750. The van der Waals surface area contributed by atoms with E-state index in [-0.39, 0.29) is 0 Å². The number of allylic oxidation sites excluding steroid dienone is 1. The zero-order valence-corrected chi connectivity index (χ0v) is 5.49. The standard InChI is InChI=1S/C3H6.2BH3O2/c1-3-2;2*2-1-3/h3H,1H2,2H3;2*1-3H. The van der Waals surface area contributed by atoms with Crippen molar-refractivity contribution in [1.82, 2.24) is 0 Å². The molecular weight excluding hydrogens is 122 g/mol. The molecule has 0 spiro atoms. The van der Waals surface area contributed by atoms with E-state index < -0.39 is 15.4 Å². The quantitative estimate of drug-likeness (QED) is 0.221. The molecule has 4 N–H and O–H groups in total. The smallest absolute Gasteiger partial charge is 0.430 e. The maximum atomic E-state index is 7.12. The van der Waals surface area contributed by atoms with Crippen molar-refractivity contribution in [2.45, 2.75) is 6.92 Å². The molecule has 0 aromatic heterocycles. The second-order valence-corrected chi connectivity index (χ2v) is 0.691. The molecule has 0 atom stereocenters. The van der Waals surface area contributed by atoms with Gasteiger partial charge in [0.1, 0.15) is 0 Å². The predicted octanol–water partition coefficient (Wildman–Crippen LogP) is -2.33. The van der Waals surface area contributed by atoms with Crippen LogP contribution in [0.25, 0.3) is 0 Å². The van der Waals surface area contributed by atoms with Gasteiger partial charge < -0.3 is 20.1 Å². The Morgan fingerprint density at radius 2 is 1.11 bits per heavy atom. The Labute approximate surface area is 56.1 Å². The molecule has 0 aliphatic rings. The van der Waals surface area contributed by atoms with Crippen LogP contribution in [0.1, 0.15) is 6.92 Å². The van der Waals surface area contributed by atoms with Crippen LogP contribution in [-0.2, 0) is 0 Å².